The molecule has 1 fully saturated rings. The fourth-order valence-electron chi connectivity index (χ4n) is 2.83. The highest BCUT2D eigenvalue weighted by atomic mass is 16.5. The van der Waals surface area contributed by atoms with Gasteiger partial charge in [-0.1, -0.05) is 6.07 Å². The van der Waals surface area contributed by atoms with Crippen LogP contribution in [0.1, 0.15) is 30.9 Å². The number of carbonyl (C=O) groups is 2. The van der Waals surface area contributed by atoms with Gasteiger partial charge >= 0.3 is 12.0 Å². The Kier molecular flexibility index (Phi) is 5.41. The van der Waals surface area contributed by atoms with E-state index in [1.807, 2.05) is 32.9 Å². The van der Waals surface area contributed by atoms with Gasteiger partial charge in [0.2, 0.25) is 0 Å². The number of piperidine rings is 1. The Balaban J connectivity index is 1.88. The molecule has 0 unspecified atom stereocenters. The molecule has 1 aliphatic rings. The number of nitrogens with zero attached hydrogens (tertiary/aromatic N) is 1. The van der Waals surface area contributed by atoms with Crippen LogP contribution >= 0.6 is 0 Å². The van der Waals surface area contributed by atoms with Crippen LogP contribution in [-0.4, -0.2) is 36.6 Å². The lowest BCUT2D eigenvalue weighted by atomic mass is 9.97. The zero-order valence-electron chi connectivity index (χ0n) is 13.5. The number of nitrogens with one attached hydrogen (secondary N) is 1. The van der Waals surface area contributed by atoms with Crippen molar-refractivity contribution < 1.29 is 14.3 Å². The summed E-state index contributed by atoms with van der Waals surface area (Å²) < 4.78 is 5.04. The summed E-state index contributed by atoms with van der Waals surface area (Å²) in [4.78, 5) is 25.7. The van der Waals surface area contributed by atoms with E-state index in [2.05, 4.69) is 11.4 Å². The molecule has 0 spiro atoms. The minimum absolute atomic E-state index is 0.0785. The molecule has 5 heteroatoms. The Labute approximate surface area is 131 Å². The number of aryl methyl sites for hydroxylation is 2. The topological polar surface area (TPSA) is 58.6 Å². The first-order valence-corrected chi connectivity index (χ1v) is 7.80. The summed E-state index contributed by atoms with van der Waals surface area (Å²) in [5.74, 6) is -0.220. The Morgan fingerprint density at radius 1 is 1.18 bits per heavy atom. The highest BCUT2D eigenvalue weighted by Crippen LogP contribution is 2.20. The summed E-state index contributed by atoms with van der Waals surface area (Å²) in [6, 6.07) is 5.87. The van der Waals surface area contributed by atoms with E-state index in [9.17, 15) is 9.59 Å². The molecule has 0 saturated carbocycles. The second-order valence-corrected chi connectivity index (χ2v) is 5.82. The maximum Gasteiger partial charge on any atom is 0.321 e. The number of likely N-dealkylation sites (tertiary alicyclic amines) is 1. The summed E-state index contributed by atoms with van der Waals surface area (Å²) in [7, 11) is 0. The molecule has 22 heavy (non-hydrogen) atoms. The quantitative estimate of drug-likeness (QED) is 0.873. The number of esters is 1. The Hall–Kier alpha value is -2.04. The first kappa shape index (κ1) is 16.3. The Morgan fingerprint density at radius 2 is 1.77 bits per heavy atom. The third-order valence-electron chi connectivity index (χ3n) is 3.88. The largest absolute Gasteiger partial charge is 0.466 e. The molecular weight excluding hydrogens is 280 g/mol. The van der Waals surface area contributed by atoms with Gasteiger partial charge in [-0.25, -0.2) is 4.79 Å². The standard InChI is InChI=1S/C17H24N2O3/c1-4-22-16(20)14-5-7-19(8-6-14)17(21)18-15-10-12(2)9-13(3)11-15/h9-11,14H,4-8H2,1-3H3,(H,18,21). The van der Waals surface area contributed by atoms with E-state index in [0.717, 1.165) is 16.8 Å². The molecular formula is C17H24N2O3. The molecule has 0 bridgehead atoms. The van der Waals surface area contributed by atoms with E-state index in [1.54, 1.807) is 4.90 Å². The maximum absolute atomic E-state index is 12.3. The molecule has 0 atom stereocenters. The smallest absolute Gasteiger partial charge is 0.321 e. The minimum atomic E-state index is -0.142. The van der Waals surface area contributed by atoms with Crippen molar-refractivity contribution in [3.8, 4) is 0 Å². The maximum atomic E-state index is 12.3. The number of carbonyl (C=O) groups excluding carboxylic acids is 2. The number of amides is 2. The number of urea groups is 1. The van der Waals surface area contributed by atoms with Gasteiger partial charge in [0.25, 0.3) is 0 Å². The molecule has 0 aromatic heterocycles. The number of benzene rings is 1. The van der Waals surface area contributed by atoms with Crippen molar-refractivity contribution in [2.24, 2.45) is 5.92 Å². The zero-order valence-corrected chi connectivity index (χ0v) is 13.5. The number of ether oxygens (including phenoxy) is 1. The zero-order chi connectivity index (χ0) is 16.1. The van der Waals surface area contributed by atoms with Crippen molar-refractivity contribution in [1.82, 2.24) is 4.90 Å². The summed E-state index contributed by atoms with van der Waals surface area (Å²) in [6.45, 7) is 7.40. The minimum Gasteiger partial charge on any atom is -0.466 e. The van der Waals surface area contributed by atoms with Crippen molar-refractivity contribution in [3.63, 3.8) is 0 Å². The fourth-order valence-corrected chi connectivity index (χ4v) is 2.83. The second-order valence-electron chi connectivity index (χ2n) is 5.82. The summed E-state index contributed by atoms with van der Waals surface area (Å²) in [5, 5.41) is 2.93. The average molecular weight is 304 g/mol. The first-order valence-electron chi connectivity index (χ1n) is 7.80. The number of hydrogen-bond donors (Lipinski definition) is 1. The third-order valence-corrected chi connectivity index (χ3v) is 3.88. The van der Waals surface area contributed by atoms with E-state index in [-0.39, 0.29) is 17.9 Å². The first-order chi connectivity index (χ1) is 10.5. The highest BCUT2D eigenvalue weighted by molar-refractivity contribution is 5.89. The van der Waals surface area contributed by atoms with Crippen LogP contribution in [-0.2, 0) is 9.53 Å². The van der Waals surface area contributed by atoms with Gasteiger partial charge in [-0.3, -0.25) is 4.79 Å². The van der Waals surface area contributed by atoms with Crippen LogP contribution in [0.2, 0.25) is 0 Å². The van der Waals surface area contributed by atoms with Crippen LogP contribution < -0.4 is 5.32 Å². The number of rotatable bonds is 3. The van der Waals surface area contributed by atoms with Gasteiger partial charge in [-0.15, -0.1) is 0 Å². The van der Waals surface area contributed by atoms with E-state index in [0.29, 0.717) is 32.5 Å². The molecule has 120 valence electrons. The molecule has 1 aromatic carbocycles. The number of anilines is 1. The summed E-state index contributed by atoms with van der Waals surface area (Å²) in [6.07, 6.45) is 1.33. The molecule has 1 aliphatic heterocycles. The number of hydrogen-bond acceptors (Lipinski definition) is 3. The van der Waals surface area contributed by atoms with Crippen LogP contribution in [0.4, 0.5) is 10.5 Å². The van der Waals surface area contributed by atoms with Crippen LogP contribution in [0.15, 0.2) is 18.2 Å². The molecule has 1 N–H and O–H groups in total. The van der Waals surface area contributed by atoms with Crippen molar-refractivity contribution in [1.29, 1.82) is 0 Å². The van der Waals surface area contributed by atoms with Gasteiger partial charge in [0.15, 0.2) is 0 Å². The Morgan fingerprint density at radius 3 is 2.32 bits per heavy atom. The predicted molar refractivity (Wildman–Crippen MR) is 85.9 cm³/mol. The van der Waals surface area contributed by atoms with Gasteiger partial charge in [-0.2, -0.15) is 0 Å². The SMILES string of the molecule is CCOC(=O)C1CCN(C(=O)Nc2cc(C)cc(C)c2)CC1. The fraction of sp³-hybridized carbons (Fsp3) is 0.529. The van der Waals surface area contributed by atoms with E-state index in [1.165, 1.54) is 0 Å². The van der Waals surface area contributed by atoms with Crippen molar-refractivity contribution >= 4 is 17.7 Å². The molecule has 1 aromatic rings. The molecule has 0 aliphatic carbocycles. The van der Waals surface area contributed by atoms with Crippen molar-refractivity contribution in [2.45, 2.75) is 33.6 Å². The van der Waals surface area contributed by atoms with Gasteiger partial charge < -0.3 is 15.0 Å². The predicted octanol–water partition coefficient (Wildman–Crippen LogP) is 3.11. The lowest BCUT2D eigenvalue weighted by Gasteiger charge is -2.31. The molecule has 2 amide bonds. The van der Waals surface area contributed by atoms with Gasteiger partial charge in [0.05, 0.1) is 12.5 Å². The van der Waals surface area contributed by atoms with Crippen LogP contribution in [0.5, 0.6) is 0 Å². The monoisotopic (exact) mass is 304 g/mol. The average Bonchev–Trinajstić information content (AvgIpc) is 2.46. The summed E-state index contributed by atoms with van der Waals surface area (Å²) >= 11 is 0. The molecule has 5 nitrogen and oxygen atoms in total. The van der Waals surface area contributed by atoms with E-state index < -0.39 is 0 Å². The van der Waals surface area contributed by atoms with Crippen LogP contribution in [0, 0.1) is 19.8 Å². The Bertz CT molecular complexity index is 529. The molecule has 2 rings (SSSR count). The normalized spacial score (nSPS) is 15.5. The highest BCUT2D eigenvalue weighted by Gasteiger charge is 2.28. The van der Waals surface area contributed by atoms with Gasteiger partial charge in [-0.05, 0) is 56.9 Å². The lowest BCUT2D eigenvalue weighted by Crippen LogP contribution is -2.42. The third kappa shape index (κ3) is 4.23. The van der Waals surface area contributed by atoms with Gasteiger partial charge in [0, 0.05) is 18.8 Å². The van der Waals surface area contributed by atoms with Crippen molar-refractivity contribution in [3.05, 3.63) is 29.3 Å². The van der Waals surface area contributed by atoms with Gasteiger partial charge in [0.1, 0.15) is 0 Å². The molecule has 1 saturated heterocycles. The molecule has 1 heterocycles. The van der Waals surface area contributed by atoms with Crippen LogP contribution in [0.25, 0.3) is 0 Å². The molecule has 0 radical (unpaired) electrons. The summed E-state index contributed by atoms with van der Waals surface area (Å²) in [5.41, 5.74) is 3.06. The second kappa shape index (κ2) is 7.29. The lowest BCUT2D eigenvalue weighted by molar-refractivity contribution is -0.149. The van der Waals surface area contributed by atoms with E-state index >= 15 is 0 Å². The van der Waals surface area contributed by atoms with E-state index in [4.69, 9.17) is 4.74 Å². The van der Waals surface area contributed by atoms with Crippen molar-refractivity contribution in [2.75, 3.05) is 25.0 Å². The van der Waals surface area contributed by atoms with Crippen LogP contribution in [0.3, 0.4) is 0 Å².